The number of carbonyl (C=O) groups excluding carboxylic acids is 1. The Labute approximate surface area is 158 Å². The van der Waals surface area contributed by atoms with Gasteiger partial charge < -0.3 is 9.88 Å². The SMILES string of the molecule is CCCCCCCCCCn1c(CCNC(=O)CC)nc2ccccc21. The Kier molecular flexibility index (Phi) is 9.22. The lowest BCUT2D eigenvalue weighted by Gasteiger charge is -2.10. The molecule has 2 aromatic rings. The zero-order valence-corrected chi connectivity index (χ0v) is 16.6. The van der Waals surface area contributed by atoms with Gasteiger partial charge in [-0.05, 0) is 18.6 Å². The van der Waals surface area contributed by atoms with Crippen LogP contribution in [0.5, 0.6) is 0 Å². The average Bonchev–Trinajstić information content (AvgIpc) is 3.01. The summed E-state index contributed by atoms with van der Waals surface area (Å²) in [5.41, 5.74) is 2.27. The van der Waals surface area contributed by atoms with Gasteiger partial charge in [0, 0.05) is 25.9 Å². The fraction of sp³-hybridized carbons (Fsp3) is 0.636. The Bertz CT molecular complexity index is 662. The Morgan fingerprint density at radius 2 is 1.69 bits per heavy atom. The van der Waals surface area contributed by atoms with Gasteiger partial charge in [0.05, 0.1) is 11.0 Å². The first-order valence-corrected chi connectivity index (χ1v) is 10.5. The lowest BCUT2D eigenvalue weighted by atomic mass is 10.1. The van der Waals surface area contributed by atoms with Gasteiger partial charge in [-0.1, -0.05) is 70.9 Å². The molecule has 0 radical (unpaired) electrons. The van der Waals surface area contributed by atoms with Gasteiger partial charge >= 0.3 is 0 Å². The highest BCUT2D eigenvalue weighted by Crippen LogP contribution is 2.18. The van der Waals surface area contributed by atoms with Gasteiger partial charge in [-0.15, -0.1) is 0 Å². The van der Waals surface area contributed by atoms with Crippen molar-refractivity contribution in [2.45, 2.75) is 84.6 Å². The molecular weight excluding hydrogens is 322 g/mol. The van der Waals surface area contributed by atoms with Crippen molar-refractivity contribution in [2.75, 3.05) is 6.54 Å². The summed E-state index contributed by atoms with van der Waals surface area (Å²) in [5.74, 6) is 1.20. The van der Waals surface area contributed by atoms with Crippen LogP contribution in [0.3, 0.4) is 0 Å². The molecule has 0 atom stereocenters. The van der Waals surface area contributed by atoms with Crippen LogP contribution in [0.2, 0.25) is 0 Å². The monoisotopic (exact) mass is 357 g/mol. The highest BCUT2D eigenvalue weighted by atomic mass is 16.1. The molecule has 1 N–H and O–H groups in total. The molecule has 1 amide bonds. The molecule has 26 heavy (non-hydrogen) atoms. The maximum absolute atomic E-state index is 11.5. The van der Waals surface area contributed by atoms with E-state index in [2.05, 4.69) is 35.0 Å². The van der Waals surface area contributed by atoms with E-state index in [4.69, 9.17) is 4.98 Å². The predicted molar refractivity (Wildman–Crippen MR) is 109 cm³/mol. The van der Waals surface area contributed by atoms with Crippen LogP contribution in [0.4, 0.5) is 0 Å². The molecule has 0 aliphatic heterocycles. The third kappa shape index (κ3) is 6.47. The second kappa shape index (κ2) is 11.7. The van der Waals surface area contributed by atoms with Crippen LogP contribution in [-0.2, 0) is 17.8 Å². The highest BCUT2D eigenvalue weighted by molar-refractivity contribution is 5.76. The first-order valence-electron chi connectivity index (χ1n) is 10.5. The van der Waals surface area contributed by atoms with Crippen molar-refractivity contribution in [3.8, 4) is 0 Å². The van der Waals surface area contributed by atoms with Gasteiger partial charge in [0.2, 0.25) is 5.91 Å². The van der Waals surface area contributed by atoms with Crippen molar-refractivity contribution >= 4 is 16.9 Å². The largest absolute Gasteiger partial charge is 0.356 e. The number of hydrogen-bond donors (Lipinski definition) is 1. The van der Waals surface area contributed by atoms with E-state index < -0.39 is 0 Å². The molecule has 0 saturated carbocycles. The molecule has 0 aliphatic carbocycles. The van der Waals surface area contributed by atoms with Crippen LogP contribution >= 0.6 is 0 Å². The number of nitrogens with zero attached hydrogens (tertiary/aromatic N) is 2. The van der Waals surface area contributed by atoms with Crippen molar-refractivity contribution in [3.05, 3.63) is 30.1 Å². The number of unbranched alkanes of at least 4 members (excludes halogenated alkanes) is 7. The second-order valence-electron chi connectivity index (χ2n) is 7.10. The van der Waals surface area contributed by atoms with Crippen molar-refractivity contribution in [2.24, 2.45) is 0 Å². The smallest absolute Gasteiger partial charge is 0.219 e. The fourth-order valence-electron chi connectivity index (χ4n) is 3.41. The number of amides is 1. The molecule has 4 heteroatoms. The summed E-state index contributed by atoms with van der Waals surface area (Å²) in [5, 5.41) is 2.96. The van der Waals surface area contributed by atoms with Crippen molar-refractivity contribution < 1.29 is 4.79 Å². The minimum absolute atomic E-state index is 0.107. The topological polar surface area (TPSA) is 46.9 Å². The van der Waals surface area contributed by atoms with E-state index in [-0.39, 0.29) is 5.91 Å². The second-order valence-corrected chi connectivity index (χ2v) is 7.10. The van der Waals surface area contributed by atoms with Crippen molar-refractivity contribution in [3.63, 3.8) is 0 Å². The van der Waals surface area contributed by atoms with Crippen molar-refractivity contribution in [1.29, 1.82) is 0 Å². The van der Waals surface area contributed by atoms with E-state index >= 15 is 0 Å². The Hall–Kier alpha value is -1.84. The Morgan fingerprint density at radius 1 is 1.00 bits per heavy atom. The van der Waals surface area contributed by atoms with Crippen LogP contribution in [0, 0.1) is 0 Å². The summed E-state index contributed by atoms with van der Waals surface area (Å²) >= 11 is 0. The first kappa shape index (κ1) is 20.5. The van der Waals surface area contributed by atoms with Gasteiger partial charge in [-0.3, -0.25) is 4.79 Å². The number of fused-ring (bicyclic) bond motifs is 1. The Morgan fingerprint density at radius 3 is 2.42 bits per heavy atom. The molecule has 1 aromatic carbocycles. The van der Waals surface area contributed by atoms with Gasteiger partial charge in [0.25, 0.3) is 0 Å². The number of nitrogens with one attached hydrogen (secondary N) is 1. The fourth-order valence-corrected chi connectivity index (χ4v) is 3.41. The molecule has 0 bridgehead atoms. The summed E-state index contributed by atoms with van der Waals surface area (Å²) in [6.45, 7) is 5.83. The third-order valence-corrected chi connectivity index (χ3v) is 4.96. The number of carbonyl (C=O) groups is 1. The molecule has 1 heterocycles. The molecule has 0 unspecified atom stereocenters. The van der Waals surface area contributed by atoms with E-state index in [9.17, 15) is 4.79 Å². The molecule has 144 valence electrons. The van der Waals surface area contributed by atoms with E-state index in [1.165, 1.54) is 56.9 Å². The number of imidazole rings is 1. The zero-order chi connectivity index (χ0) is 18.6. The average molecular weight is 358 g/mol. The summed E-state index contributed by atoms with van der Waals surface area (Å²) in [6, 6.07) is 8.35. The minimum Gasteiger partial charge on any atom is -0.356 e. The lowest BCUT2D eigenvalue weighted by molar-refractivity contribution is -0.120. The van der Waals surface area contributed by atoms with Crippen LogP contribution in [-0.4, -0.2) is 22.0 Å². The van der Waals surface area contributed by atoms with Crippen LogP contribution < -0.4 is 5.32 Å². The third-order valence-electron chi connectivity index (χ3n) is 4.96. The standard InChI is InChI=1S/C22H35N3O/c1-3-5-6-7-8-9-10-13-18-25-20-15-12-11-14-19(20)24-21(25)16-17-23-22(26)4-2/h11-12,14-15H,3-10,13,16-18H2,1-2H3,(H,23,26). The number of rotatable bonds is 13. The minimum atomic E-state index is 0.107. The van der Waals surface area contributed by atoms with E-state index in [0.717, 1.165) is 24.3 Å². The van der Waals surface area contributed by atoms with Gasteiger partial charge in [-0.2, -0.15) is 0 Å². The number of para-hydroxylation sites is 2. The van der Waals surface area contributed by atoms with Gasteiger partial charge in [0.15, 0.2) is 0 Å². The van der Waals surface area contributed by atoms with Crippen molar-refractivity contribution in [1.82, 2.24) is 14.9 Å². The predicted octanol–water partition coefficient (Wildman–Crippen LogP) is 5.25. The molecule has 0 saturated heterocycles. The summed E-state index contributed by atoms with van der Waals surface area (Å²) in [6.07, 6.45) is 12.0. The number of hydrogen-bond acceptors (Lipinski definition) is 2. The lowest BCUT2D eigenvalue weighted by Crippen LogP contribution is -2.25. The van der Waals surface area contributed by atoms with Gasteiger partial charge in [-0.25, -0.2) is 4.98 Å². The molecule has 0 aliphatic rings. The van der Waals surface area contributed by atoms with E-state index in [1.807, 2.05) is 13.0 Å². The molecule has 0 spiro atoms. The zero-order valence-electron chi connectivity index (χ0n) is 16.6. The molecule has 0 fully saturated rings. The normalized spacial score (nSPS) is 11.2. The van der Waals surface area contributed by atoms with Crippen LogP contribution in [0.25, 0.3) is 11.0 Å². The Balaban J connectivity index is 1.85. The van der Waals surface area contributed by atoms with E-state index in [1.54, 1.807) is 0 Å². The molecule has 1 aromatic heterocycles. The molecular formula is C22H35N3O. The number of aryl methyl sites for hydroxylation is 1. The quantitative estimate of drug-likeness (QED) is 0.498. The van der Waals surface area contributed by atoms with Crippen LogP contribution in [0.15, 0.2) is 24.3 Å². The number of aromatic nitrogens is 2. The summed E-state index contributed by atoms with van der Waals surface area (Å²) in [7, 11) is 0. The maximum Gasteiger partial charge on any atom is 0.219 e. The van der Waals surface area contributed by atoms with E-state index in [0.29, 0.717) is 13.0 Å². The van der Waals surface area contributed by atoms with Gasteiger partial charge in [0.1, 0.15) is 5.82 Å². The summed E-state index contributed by atoms with van der Waals surface area (Å²) < 4.78 is 2.35. The molecule has 2 rings (SSSR count). The molecule has 4 nitrogen and oxygen atoms in total. The summed E-state index contributed by atoms with van der Waals surface area (Å²) in [4.78, 5) is 16.3. The number of benzene rings is 1. The van der Waals surface area contributed by atoms with Crippen LogP contribution in [0.1, 0.15) is 77.5 Å². The first-order chi connectivity index (χ1) is 12.8. The maximum atomic E-state index is 11.5. The highest BCUT2D eigenvalue weighted by Gasteiger charge is 2.10.